The zero-order valence-corrected chi connectivity index (χ0v) is 9.37. The quantitative estimate of drug-likeness (QED) is 0.838. The molecule has 0 aliphatic rings. The first kappa shape index (κ1) is 11.0. The second kappa shape index (κ2) is 5.59. The number of hydrogen-bond donors (Lipinski definition) is 1. The van der Waals surface area contributed by atoms with Crippen molar-refractivity contribution in [2.24, 2.45) is 0 Å². The van der Waals surface area contributed by atoms with Crippen LogP contribution in [0.2, 0.25) is 0 Å². The Morgan fingerprint density at radius 1 is 1.64 bits per heavy atom. The molecule has 1 N–H and O–H groups in total. The fraction of sp³-hybridized carbons (Fsp3) is 0.333. The topological polar surface area (TPSA) is 51.2 Å². The molecular weight excluding hydrogens is 248 g/mol. The SMILES string of the molecule is COC(=O)CCNc1cncc(Br)c1. The molecule has 5 heteroatoms. The molecule has 0 saturated heterocycles. The van der Waals surface area contributed by atoms with E-state index in [1.807, 2.05) is 6.07 Å². The Hall–Kier alpha value is -1.10. The first-order valence-corrected chi connectivity index (χ1v) is 4.93. The predicted molar refractivity (Wildman–Crippen MR) is 57.1 cm³/mol. The molecule has 1 aromatic rings. The molecule has 1 rings (SSSR count). The first-order chi connectivity index (χ1) is 6.72. The van der Waals surface area contributed by atoms with E-state index in [1.54, 1.807) is 12.4 Å². The molecule has 0 aliphatic heterocycles. The van der Waals surface area contributed by atoms with Gasteiger partial charge >= 0.3 is 5.97 Å². The summed E-state index contributed by atoms with van der Waals surface area (Å²) in [5.74, 6) is -0.222. The first-order valence-electron chi connectivity index (χ1n) is 4.13. The van der Waals surface area contributed by atoms with Crippen molar-refractivity contribution in [1.29, 1.82) is 0 Å². The van der Waals surface area contributed by atoms with Crippen LogP contribution in [0, 0.1) is 0 Å². The maximum absolute atomic E-state index is 10.8. The van der Waals surface area contributed by atoms with E-state index in [9.17, 15) is 4.79 Å². The number of esters is 1. The van der Waals surface area contributed by atoms with E-state index < -0.39 is 0 Å². The van der Waals surface area contributed by atoms with Crippen molar-refractivity contribution in [3.8, 4) is 0 Å². The Kier molecular flexibility index (Phi) is 4.39. The second-order valence-electron chi connectivity index (χ2n) is 2.64. The fourth-order valence-electron chi connectivity index (χ4n) is 0.919. The van der Waals surface area contributed by atoms with Gasteiger partial charge in [0.15, 0.2) is 0 Å². The largest absolute Gasteiger partial charge is 0.469 e. The van der Waals surface area contributed by atoms with Gasteiger partial charge < -0.3 is 10.1 Å². The Balaban J connectivity index is 2.35. The predicted octanol–water partition coefficient (Wildman–Crippen LogP) is 1.82. The minimum absolute atomic E-state index is 0.222. The van der Waals surface area contributed by atoms with E-state index in [0.29, 0.717) is 13.0 Å². The molecule has 14 heavy (non-hydrogen) atoms. The second-order valence-corrected chi connectivity index (χ2v) is 3.56. The number of carbonyl (C=O) groups excluding carboxylic acids is 1. The smallest absolute Gasteiger partial charge is 0.307 e. The molecule has 0 fully saturated rings. The van der Waals surface area contributed by atoms with Gasteiger partial charge in [0.2, 0.25) is 0 Å². The Bertz CT molecular complexity index is 317. The average Bonchev–Trinajstić information content (AvgIpc) is 2.17. The van der Waals surface area contributed by atoms with Gasteiger partial charge in [-0.3, -0.25) is 9.78 Å². The van der Waals surface area contributed by atoms with E-state index in [1.165, 1.54) is 7.11 Å². The van der Waals surface area contributed by atoms with E-state index >= 15 is 0 Å². The van der Waals surface area contributed by atoms with Crippen LogP contribution in [0.25, 0.3) is 0 Å². The molecule has 4 nitrogen and oxygen atoms in total. The summed E-state index contributed by atoms with van der Waals surface area (Å²) < 4.78 is 5.41. The number of nitrogens with one attached hydrogen (secondary N) is 1. The van der Waals surface area contributed by atoms with Gasteiger partial charge in [-0.2, -0.15) is 0 Å². The van der Waals surface area contributed by atoms with Gasteiger partial charge in [-0.15, -0.1) is 0 Å². The van der Waals surface area contributed by atoms with Crippen LogP contribution >= 0.6 is 15.9 Å². The highest BCUT2D eigenvalue weighted by molar-refractivity contribution is 9.10. The molecule has 0 unspecified atom stereocenters. The number of carbonyl (C=O) groups is 1. The lowest BCUT2D eigenvalue weighted by molar-refractivity contribution is -0.140. The number of ether oxygens (including phenoxy) is 1. The van der Waals surface area contributed by atoms with Gasteiger partial charge in [0.1, 0.15) is 0 Å². The Morgan fingerprint density at radius 3 is 3.07 bits per heavy atom. The summed E-state index contributed by atoms with van der Waals surface area (Å²) in [5.41, 5.74) is 0.878. The molecule has 0 saturated carbocycles. The van der Waals surface area contributed by atoms with Crippen molar-refractivity contribution in [3.63, 3.8) is 0 Å². The molecule has 1 aromatic heterocycles. The Morgan fingerprint density at radius 2 is 2.43 bits per heavy atom. The molecule has 0 bridgehead atoms. The summed E-state index contributed by atoms with van der Waals surface area (Å²) in [6.07, 6.45) is 3.75. The van der Waals surface area contributed by atoms with E-state index in [-0.39, 0.29) is 5.97 Å². The minimum atomic E-state index is -0.222. The van der Waals surface area contributed by atoms with Crippen LogP contribution < -0.4 is 5.32 Å². The van der Waals surface area contributed by atoms with E-state index in [2.05, 4.69) is 31.0 Å². The maximum atomic E-state index is 10.8. The monoisotopic (exact) mass is 258 g/mol. The van der Waals surface area contributed by atoms with Gasteiger partial charge in [-0.25, -0.2) is 0 Å². The van der Waals surface area contributed by atoms with Gasteiger partial charge in [0, 0.05) is 17.2 Å². The van der Waals surface area contributed by atoms with Crippen LogP contribution in [0.1, 0.15) is 6.42 Å². The Labute approximate surface area is 90.8 Å². The van der Waals surface area contributed by atoms with Crippen molar-refractivity contribution in [2.75, 3.05) is 19.0 Å². The highest BCUT2D eigenvalue weighted by Gasteiger charge is 1.99. The molecule has 0 atom stereocenters. The van der Waals surface area contributed by atoms with Crippen molar-refractivity contribution in [3.05, 3.63) is 22.9 Å². The van der Waals surface area contributed by atoms with Crippen molar-refractivity contribution < 1.29 is 9.53 Å². The summed E-state index contributed by atoms with van der Waals surface area (Å²) in [4.78, 5) is 14.8. The molecular formula is C9H11BrN2O2. The third-order valence-electron chi connectivity index (χ3n) is 1.59. The van der Waals surface area contributed by atoms with Gasteiger partial charge in [0.25, 0.3) is 0 Å². The summed E-state index contributed by atoms with van der Waals surface area (Å²) >= 11 is 3.30. The molecule has 0 spiro atoms. The number of rotatable bonds is 4. The third-order valence-corrected chi connectivity index (χ3v) is 2.02. The molecule has 76 valence electrons. The third kappa shape index (κ3) is 3.74. The number of aromatic nitrogens is 1. The van der Waals surface area contributed by atoms with Crippen molar-refractivity contribution >= 4 is 27.6 Å². The lowest BCUT2D eigenvalue weighted by atomic mass is 10.4. The van der Waals surface area contributed by atoms with Crippen LogP contribution in [0.4, 0.5) is 5.69 Å². The lowest BCUT2D eigenvalue weighted by Gasteiger charge is -2.04. The summed E-state index contributed by atoms with van der Waals surface area (Å²) in [6, 6.07) is 1.89. The number of halogens is 1. The van der Waals surface area contributed by atoms with E-state index in [0.717, 1.165) is 10.2 Å². The minimum Gasteiger partial charge on any atom is -0.469 e. The van der Waals surface area contributed by atoms with E-state index in [4.69, 9.17) is 0 Å². The van der Waals surface area contributed by atoms with Crippen LogP contribution in [-0.2, 0) is 9.53 Å². The van der Waals surface area contributed by atoms with Crippen molar-refractivity contribution in [1.82, 2.24) is 4.98 Å². The number of pyridine rings is 1. The van der Waals surface area contributed by atoms with Gasteiger partial charge in [0.05, 0.1) is 25.4 Å². The molecule has 1 heterocycles. The summed E-state index contributed by atoms with van der Waals surface area (Å²) in [7, 11) is 1.38. The zero-order chi connectivity index (χ0) is 10.4. The number of nitrogens with zero attached hydrogens (tertiary/aromatic N) is 1. The average molecular weight is 259 g/mol. The summed E-state index contributed by atoms with van der Waals surface area (Å²) in [6.45, 7) is 0.546. The zero-order valence-electron chi connectivity index (χ0n) is 7.79. The normalized spacial score (nSPS) is 9.57. The highest BCUT2D eigenvalue weighted by atomic mass is 79.9. The van der Waals surface area contributed by atoms with Crippen LogP contribution in [0.5, 0.6) is 0 Å². The molecule has 0 aromatic carbocycles. The standard InChI is InChI=1S/C9H11BrN2O2/c1-14-9(13)2-3-12-8-4-7(10)5-11-6-8/h4-6,12H,2-3H2,1H3. The molecule has 0 radical (unpaired) electrons. The number of anilines is 1. The molecule has 0 amide bonds. The van der Waals surface area contributed by atoms with Crippen LogP contribution in [-0.4, -0.2) is 24.6 Å². The number of methoxy groups -OCH3 is 1. The van der Waals surface area contributed by atoms with Crippen LogP contribution in [0.3, 0.4) is 0 Å². The number of hydrogen-bond acceptors (Lipinski definition) is 4. The molecule has 0 aliphatic carbocycles. The lowest BCUT2D eigenvalue weighted by Crippen LogP contribution is -2.09. The van der Waals surface area contributed by atoms with Gasteiger partial charge in [-0.05, 0) is 22.0 Å². The maximum Gasteiger partial charge on any atom is 0.307 e. The summed E-state index contributed by atoms with van der Waals surface area (Å²) in [5, 5.41) is 3.06. The van der Waals surface area contributed by atoms with Crippen LogP contribution in [0.15, 0.2) is 22.9 Å². The highest BCUT2D eigenvalue weighted by Crippen LogP contribution is 2.13. The van der Waals surface area contributed by atoms with Gasteiger partial charge in [-0.1, -0.05) is 0 Å². The fourth-order valence-corrected chi connectivity index (χ4v) is 1.28. The van der Waals surface area contributed by atoms with Crippen molar-refractivity contribution in [2.45, 2.75) is 6.42 Å².